The zero-order valence-electron chi connectivity index (χ0n) is 16.0. The number of hydrogen-bond acceptors (Lipinski definition) is 5. The van der Waals surface area contributed by atoms with Crippen molar-refractivity contribution in [3.63, 3.8) is 0 Å². The van der Waals surface area contributed by atoms with Crippen molar-refractivity contribution in [2.75, 3.05) is 20.6 Å². The SMILES string of the molecule is CN(C)CCCC[C@H](NC(=O)c1ccc2nc(CBr)c(CBr)nc2c1)C(N)=O. The first-order valence-corrected chi connectivity index (χ1v) is 11.3. The first kappa shape index (κ1) is 22.7. The Kier molecular flexibility index (Phi) is 8.78. The molecular formula is C19H25Br2N5O2. The molecule has 2 aromatic rings. The molecule has 0 radical (unpaired) electrons. The number of alkyl halides is 2. The molecule has 152 valence electrons. The van der Waals surface area contributed by atoms with E-state index < -0.39 is 11.9 Å². The van der Waals surface area contributed by atoms with Crippen LogP contribution in [0.3, 0.4) is 0 Å². The average Bonchev–Trinajstić information content (AvgIpc) is 2.67. The number of amides is 2. The monoisotopic (exact) mass is 513 g/mol. The topological polar surface area (TPSA) is 101 Å². The first-order chi connectivity index (χ1) is 13.3. The summed E-state index contributed by atoms with van der Waals surface area (Å²) in [6.07, 6.45) is 2.26. The summed E-state index contributed by atoms with van der Waals surface area (Å²) in [4.78, 5) is 35.6. The van der Waals surface area contributed by atoms with Gasteiger partial charge in [-0.05, 0) is 58.1 Å². The summed E-state index contributed by atoms with van der Waals surface area (Å²) in [7, 11) is 4.00. The highest BCUT2D eigenvalue weighted by Gasteiger charge is 2.19. The van der Waals surface area contributed by atoms with Crippen molar-refractivity contribution < 1.29 is 9.59 Å². The second-order valence-corrected chi connectivity index (χ2v) is 7.94. The second-order valence-electron chi connectivity index (χ2n) is 6.82. The van der Waals surface area contributed by atoms with Gasteiger partial charge in [-0.1, -0.05) is 31.9 Å². The molecule has 0 unspecified atom stereocenters. The third-order valence-corrected chi connectivity index (χ3v) is 5.39. The maximum atomic E-state index is 12.6. The number of fused-ring (bicyclic) bond motifs is 1. The van der Waals surface area contributed by atoms with Crippen LogP contribution in [0.5, 0.6) is 0 Å². The van der Waals surface area contributed by atoms with Crippen LogP contribution in [0.4, 0.5) is 0 Å². The molecule has 0 saturated heterocycles. The number of nitrogens with one attached hydrogen (secondary N) is 1. The quantitative estimate of drug-likeness (QED) is 0.375. The van der Waals surface area contributed by atoms with Gasteiger partial charge < -0.3 is 16.0 Å². The third-order valence-electron chi connectivity index (χ3n) is 4.33. The average molecular weight is 515 g/mol. The van der Waals surface area contributed by atoms with Crippen LogP contribution in [-0.4, -0.2) is 53.4 Å². The van der Waals surface area contributed by atoms with Crippen LogP contribution in [0.15, 0.2) is 18.2 Å². The van der Waals surface area contributed by atoms with Crippen molar-refractivity contribution in [2.45, 2.75) is 36.0 Å². The molecule has 0 aliphatic carbocycles. The van der Waals surface area contributed by atoms with Crippen molar-refractivity contribution in [1.82, 2.24) is 20.2 Å². The minimum atomic E-state index is -0.690. The van der Waals surface area contributed by atoms with E-state index in [1.807, 2.05) is 14.1 Å². The standard InChI is InChI=1S/C19H25Br2N5O2/c1-26(2)8-4-3-5-14(18(22)27)25-19(28)12-6-7-13-15(9-12)24-17(11-21)16(10-20)23-13/h6-7,9,14H,3-5,8,10-11H2,1-2H3,(H2,22,27)(H,25,28)/t14-/m0/s1. The smallest absolute Gasteiger partial charge is 0.252 e. The van der Waals surface area contributed by atoms with Gasteiger partial charge in [-0.25, -0.2) is 9.97 Å². The fourth-order valence-electron chi connectivity index (χ4n) is 2.79. The van der Waals surface area contributed by atoms with Crippen molar-refractivity contribution in [1.29, 1.82) is 0 Å². The number of unbranched alkanes of at least 4 members (excludes halogenated alkanes) is 1. The normalized spacial score (nSPS) is 12.3. The van der Waals surface area contributed by atoms with E-state index in [0.717, 1.165) is 30.8 Å². The number of aromatic nitrogens is 2. The molecule has 0 saturated carbocycles. The Morgan fingerprint density at radius 3 is 2.32 bits per heavy atom. The molecule has 28 heavy (non-hydrogen) atoms. The van der Waals surface area contributed by atoms with Gasteiger partial charge in [0.2, 0.25) is 5.91 Å². The van der Waals surface area contributed by atoms with E-state index in [9.17, 15) is 9.59 Å². The molecule has 1 atom stereocenters. The molecular weight excluding hydrogens is 490 g/mol. The van der Waals surface area contributed by atoms with Gasteiger partial charge in [0.25, 0.3) is 5.91 Å². The zero-order valence-corrected chi connectivity index (χ0v) is 19.2. The van der Waals surface area contributed by atoms with Crippen LogP contribution < -0.4 is 11.1 Å². The largest absolute Gasteiger partial charge is 0.368 e. The third kappa shape index (κ3) is 6.22. The van der Waals surface area contributed by atoms with Gasteiger partial charge in [0, 0.05) is 16.2 Å². The number of nitrogens with two attached hydrogens (primary N) is 1. The van der Waals surface area contributed by atoms with Crippen LogP contribution in [0, 0.1) is 0 Å². The summed E-state index contributed by atoms with van der Waals surface area (Å²) >= 11 is 6.83. The highest BCUT2D eigenvalue weighted by Crippen LogP contribution is 2.19. The summed E-state index contributed by atoms with van der Waals surface area (Å²) in [5, 5.41) is 3.92. The number of hydrogen-bond donors (Lipinski definition) is 2. The Hall–Kier alpha value is -1.58. The molecule has 3 N–H and O–H groups in total. The lowest BCUT2D eigenvalue weighted by Gasteiger charge is -2.16. The maximum Gasteiger partial charge on any atom is 0.252 e. The van der Waals surface area contributed by atoms with E-state index in [2.05, 4.69) is 52.0 Å². The van der Waals surface area contributed by atoms with Crippen LogP contribution >= 0.6 is 31.9 Å². The molecule has 0 spiro atoms. The predicted molar refractivity (Wildman–Crippen MR) is 118 cm³/mol. The van der Waals surface area contributed by atoms with Gasteiger partial charge in [0.05, 0.1) is 22.4 Å². The van der Waals surface area contributed by atoms with Crippen LogP contribution in [0.25, 0.3) is 11.0 Å². The summed E-state index contributed by atoms with van der Waals surface area (Å²) in [5.41, 5.74) is 8.91. The molecule has 0 aliphatic heterocycles. The lowest BCUT2D eigenvalue weighted by Crippen LogP contribution is -2.44. The molecule has 0 aliphatic rings. The Balaban J connectivity index is 2.13. The summed E-state index contributed by atoms with van der Waals surface area (Å²) < 4.78 is 0. The molecule has 2 rings (SSSR count). The lowest BCUT2D eigenvalue weighted by atomic mass is 10.1. The van der Waals surface area contributed by atoms with Crippen LogP contribution in [0.1, 0.15) is 41.0 Å². The number of nitrogens with zero attached hydrogens (tertiary/aromatic N) is 3. The Morgan fingerprint density at radius 1 is 1.11 bits per heavy atom. The van der Waals surface area contributed by atoms with E-state index in [4.69, 9.17) is 5.73 Å². The van der Waals surface area contributed by atoms with Crippen molar-refractivity contribution >= 4 is 54.7 Å². The predicted octanol–water partition coefficient (Wildman–Crippen LogP) is 2.74. The van der Waals surface area contributed by atoms with Gasteiger partial charge in [-0.3, -0.25) is 9.59 Å². The zero-order chi connectivity index (χ0) is 20.7. The second kappa shape index (κ2) is 10.8. The summed E-state index contributed by atoms with van der Waals surface area (Å²) in [5.74, 6) is -0.868. The number of carbonyl (C=O) groups excluding carboxylic acids is 2. The molecule has 1 heterocycles. The van der Waals surface area contributed by atoms with E-state index in [0.29, 0.717) is 33.7 Å². The molecule has 7 nitrogen and oxygen atoms in total. The van der Waals surface area contributed by atoms with E-state index in [1.54, 1.807) is 18.2 Å². The molecule has 2 amide bonds. The molecule has 1 aromatic carbocycles. The fraction of sp³-hybridized carbons (Fsp3) is 0.474. The first-order valence-electron chi connectivity index (χ1n) is 9.02. The Labute approximate surface area is 181 Å². The van der Waals surface area contributed by atoms with Crippen LogP contribution in [0.2, 0.25) is 0 Å². The summed E-state index contributed by atoms with van der Waals surface area (Å²) in [6.45, 7) is 0.926. The van der Waals surface area contributed by atoms with Gasteiger partial charge in [-0.2, -0.15) is 0 Å². The van der Waals surface area contributed by atoms with Crippen molar-refractivity contribution in [2.24, 2.45) is 5.73 Å². The highest BCUT2D eigenvalue weighted by atomic mass is 79.9. The Morgan fingerprint density at radius 2 is 1.75 bits per heavy atom. The van der Waals surface area contributed by atoms with Crippen LogP contribution in [-0.2, 0) is 15.5 Å². The van der Waals surface area contributed by atoms with Gasteiger partial charge in [-0.15, -0.1) is 0 Å². The minimum Gasteiger partial charge on any atom is -0.368 e. The molecule has 0 fully saturated rings. The van der Waals surface area contributed by atoms with E-state index in [1.165, 1.54) is 0 Å². The molecule has 9 heteroatoms. The number of benzene rings is 1. The van der Waals surface area contributed by atoms with E-state index in [-0.39, 0.29) is 5.91 Å². The Bertz CT molecular complexity index is 844. The molecule has 0 bridgehead atoms. The van der Waals surface area contributed by atoms with Crippen molar-refractivity contribution in [3.05, 3.63) is 35.2 Å². The lowest BCUT2D eigenvalue weighted by molar-refractivity contribution is -0.120. The van der Waals surface area contributed by atoms with Crippen molar-refractivity contribution in [3.8, 4) is 0 Å². The maximum absolute atomic E-state index is 12.6. The number of rotatable bonds is 10. The van der Waals surface area contributed by atoms with Gasteiger partial charge in [0.15, 0.2) is 0 Å². The molecule has 1 aromatic heterocycles. The number of carbonyl (C=O) groups is 2. The van der Waals surface area contributed by atoms with E-state index >= 15 is 0 Å². The minimum absolute atomic E-state index is 0.343. The summed E-state index contributed by atoms with van der Waals surface area (Å²) in [6, 6.07) is 4.44. The number of halogens is 2. The highest BCUT2D eigenvalue weighted by molar-refractivity contribution is 9.09. The fourth-order valence-corrected chi connectivity index (χ4v) is 3.68. The van der Waals surface area contributed by atoms with Gasteiger partial charge >= 0.3 is 0 Å². The number of primary amides is 1. The van der Waals surface area contributed by atoms with Gasteiger partial charge in [0.1, 0.15) is 6.04 Å².